The smallest absolute Gasteiger partial charge is 0.388 e. The first kappa shape index (κ1) is 23.4. The van der Waals surface area contributed by atoms with Crippen LogP contribution in [-0.4, -0.2) is 64.1 Å². The number of rotatable bonds is 7. The number of benzene rings is 2. The number of amides is 2. The molecule has 9 nitrogen and oxygen atoms in total. The lowest BCUT2D eigenvalue weighted by Gasteiger charge is -2.34. The van der Waals surface area contributed by atoms with Gasteiger partial charge in [0, 0.05) is 37.4 Å². The lowest BCUT2D eigenvalue weighted by atomic mass is 10.1. The van der Waals surface area contributed by atoms with Gasteiger partial charge in [-0.3, -0.25) is 14.5 Å². The largest absolute Gasteiger partial charge is 0.437 e. The molecule has 4 rings (SSSR count). The molecular formula is C24H26FN5O4. The summed E-state index contributed by atoms with van der Waals surface area (Å²) in [6.45, 7) is 4.00. The SMILES string of the molecule is CCc1ccccc1NC(=O)CN1CCN(C(=O)Cn2nc(-c3ccc(F)cc3)oc2=O)CC1. The predicted molar refractivity (Wildman–Crippen MR) is 124 cm³/mol. The van der Waals surface area contributed by atoms with E-state index in [-0.39, 0.29) is 30.8 Å². The quantitative estimate of drug-likeness (QED) is 0.570. The Morgan fingerprint density at radius 3 is 2.44 bits per heavy atom. The first-order chi connectivity index (χ1) is 16.4. The summed E-state index contributed by atoms with van der Waals surface area (Å²) in [4.78, 5) is 40.9. The number of anilines is 1. The Morgan fingerprint density at radius 2 is 1.74 bits per heavy atom. The number of aryl methyl sites for hydroxylation is 1. The molecular weight excluding hydrogens is 441 g/mol. The van der Waals surface area contributed by atoms with Gasteiger partial charge >= 0.3 is 5.76 Å². The molecule has 0 spiro atoms. The van der Waals surface area contributed by atoms with Gasteiger partial charge < -0.3 is 14.6 Å². The molecule has 0 saturated carbocycles. The van der Waals surface area contributed by atoms with Gasteiger partial charge in [-0.2, -0.15) is 4.68 Å². The summed E-state index contributed by atoms with van der Waals surface area (Å²) in [5.74, 6) is -1.50. The van der Waals surface area contributed by atoms with Crippen LogP contribution in [0.5, 0.6) is 0 Å². The van der Waals surface area contributed by atoms with E-state index in [0.29, 0.717) is 31.7 Å². The highest BCUT2D eigenvalue weighted by Crippen LogP contribution is 2.17. The molecule has 1 saturated heterocycles. The summed E-state index contributed by atoms with van der Waals surface area (Å²) < 4.78 is 19.2. The van der Waals surface area contributed by atoms with E-state index < -0.39 is 11.6 Å². The van der Waals surface area contributed by atoms with Crippen LogP contribution in [0.2, 0.25) is 0 Å². The normalized spacial score (nSPS) is 14.2. The monoisotopic (exact) mass is 467 g/mol. The number of halogens is 1. The van der Waals surface area contributed by atoms with Gasteiger partial charge in [0.15, 0.2) is 0 Å². The average molecular weight is 468 g/mol. The van der Waals surface area contributed by atoms with Crippen molar-refractivity contribution in [2.24, 2.45) is 0 Å². The zero-order valence-electron chi connectivity index (χ0n) is 18.9. The highest BCUT2D eigenvalue weighted by Gasteiger charge is 2.24. The number of carbonyl (C=O) groups excluding carboxylic acids is 2. The van der Waals surface area contributed by atoms with E-state index in [0.717, 1.165) is 22.4 Å². The summed E-state index contributed by atoms with van der Waals surface area (Å²) in [5.41, 5.74) is 2.34. The van der Waals surface area contributed by atoms with Gasteiger partial charge in [0.05, 0.1) is 6.54 Å². The van der Waals surface area contributed by atoms with Crippen molar-refractivity contribution in [2.45, 2.75) is 19.9 Å². The summed E-state index contributed by atoms with van der Waals surface area (Å²) in [6, 6.07) is 13.1. The maximum absolute atomic E-state index is 13.1. The zero-order valence-corrected chi connectivity index (χ0v) is 18.9. The molecule has 2 amide bonds. The average Bonchev–Trinajstić information content (AvgIpc) is 3.20. The second-order valence-corrected chi connectivity index (χ2v) is 8.05. The Balaban J connectivity index is 1.28. The number of nitrogens with one attached hydrogen (secondary N) is 1. The molecule has 0 radical (unpaired) electrons. The topological polar surface area (TPSA) is 101 Å². The van der Waals surface area contributed by atoms with E-state index in [2.05, 4.69) is 10.4 Å². The molecule has 1 fully saturated rings. The molecule has 10 heteroatoms. The minimum Gasteiger partial charge on any atom is -0.388 e. The summed E-state index contributed by atoms with van der Waals surface area (Å²) >= 11 is 0. The van der Waals surface area contributed by atoms with E-state index in [1.54, 1.807) is 4.90 Å². The lowest BCUT2D eigenvalue weighted by Crippen LogP contribution is -2.51. The Kier molecular flexibility index (Phi) is 7.17. The van der Waals surface area contributed by atoms with Gasteiger partial charge in [-0.1, -0.05) is 25.1 Å². The summed E-state index contributed by atoms with van der Waals surface area (Å²) in [7, 11) is 0. The molecule has 0 aliphatic carbocycles. The van der Waals surface area contributed by atoms with Gasteiger partial charge in [0.25, 0.3) is 0 Å². The second kappa shape index (κ2) is 10.4. The minimum atomic E-state index is -0.754. The Morgan fingerprint density at radius 1 is 1.03 bits per heavy atom. The van der Waals surface area contributed by atoms with E-state index in [1.165, 1.54) is 24.3 Å². The molecule has 0 unspecified atom stereocenters. The molecule has 1 aliphatic heterocycles. The van der Waals surface area contributed by atoms with Crippen molar-refractivity contribution in [1.29, 1.82) is 0 Å². The Bertz CT molecular complexity index is 1210. The maximum atomic E-state index is 13.1. The van der Waals surface area contributed by atoms with Crippen LogP contribution in [0, 0.1) is 5.82 Å². The van der Waals surface area contributed by atoms with E-state index in [9.17, 15) is 18.8 Å². The van der Waals surface area contributed by atoms with Crippen LogP contribution in [0.4, 0.5) is 10.1 Å². The molecule has 0 atom stereocenters. The first-order valence-corrected chi connectivity index (χ1v) is 11.1. The fraction of sp³-hybridized carbons (Fsp3) is 0.333. The number of piperazine rings is 1. The van der Waals surface area contributed by atoms with Crippen LogP contribution < -0.4 is 11.1 Å². The molecule has 0 bridgehead atoms. The summed E-state index contributed by atoms with van der Waals surface area (Å²) in [6.07, 6.45) is 0.831. The number of hydrogen-bond donors (Lipinski definition) is 1. The van der Waals surface area contributed by atoms with Crippen molar-refractivity contribution < 1.29 is 18.4 Å². The van der Waals surface area contributed by atoms with Crippen molar-refractivity contribution in [2.75, 3.05) is 38.0 Å². The molecule has 34 heavy (non-hydrogen) atoms. The van der Waals surface area contributed by atoms with Gasteiger partial charge in [0.2, 0.25) is 17.7 Å². The third-order valence-corrected chi connectivity index (χ3v) is 5.75. The number of carbonyl (C=O) groups is 2. The zero-order chi connectivity index (χ0) is 24.1. The van der Waals surface area contributed by atoms with E-state index >= 15 is 0 Å². The fourth-order valence-corrected chi connectivity index (χ4v) is 3.84. The van der Waals surface area contributed by atoms with Crippen molar-refractivity contribution in [1.82, 2.24) is 19.6 Å². The standard InChI is InChI=1S/C24H26FN5O4/c1-2-17-5-3-4-6-20(17)26-21(31)15-28-11-13-29(14-12-28)22(32)16-30-24(33)34-23(27-30)18-7-9-19(25)10-8-18/h3-10H,2,11-16H2,1H3,(H,26,31). The van der Waals surface area contributed by atoms with Gasteiger partial charge in [-0.15, -0.1) is 5.10 Å². The molecule has 1 N–H and O–H groups in total. The van der Waals surface area contributed by atoms with Gasteiger partial charge in [-0.05, 0) is 42.3 Å². The van der Waals surface area contributed by atoms with Crippen molar-refractivity contribution in [3.05, 3.63) is 70.5 Å². The molecule has 1 aliphatic rings. The Hall–Kier alpha value is -3.79. The van der Waals surface area contributed by atoms with Crippen LogP contribution in [0.3, 0.4) is 0 Å². The number of aromatic nitrogens is 2. The Labute approximate surface area is 195 Å². The minimum absolute atomic E-state index is 0.0262. The summed E-state index contributed by atoms with van der Waals surface area (Å²) in [5, 5.41) is 7.02. The van der Waals surface area contributed by atoms with Crippen LogP contribution in [-0.2, 0) is 22.6 Å². The lowest BCUT2D eigenvalue weighted by molar-refractivity contribution is -0.134. The second-order valence-electron chi connectivity index (χ2n) is 8.05. The molecule has 178 valence electrons. The fourth-order valence-electron chi connectivity index (χ4n) is 3.84. The van der Waals surface area contributed by atoms with E-state index in [1.807, 2.05) is 36.1 Å². The molecule has 1 aromatic heterocycles. The highest BCUT2D eigenvalue weighted by molar-refractivity contribution is 5.93. The molecule has 3 aromatic rings. The van der Waals surface area contributed by atoms with Crippen molar-refractivity contribution in [3.8, 4) is 11.5 Å². The first-order valence-electron chi connectivity index (χ1n) is 11.1. The third kappa shape index (κ3) is 5.57. The molecule has 2 heterocycles. The van der Waals surface area contributed by atoms with E-state index in [4.69, 9.17) is 4.42 Å². The van der Waals surface area contributed by atoms with Crippen molar-refractivity contribution >= 4 is 17.5 Å². The van der Waals surface area contributed by atoms with Crippen LogP contribution in [0.15, 0.2) is 57.7 Å². The van der Waals surface area contributed by atoms with Crippen LogP contribution in [0.1, 0.15) is 12.5 Å². The number of hydrogen-bond acceptors (Lipinski definition) is 6. The maximum Gasteiger partial charge on any atom is 0.437 e. The molecule has 2 aromatic carbocycles. The number of para-hydroxylation sites is 1. The van der Waals surface area contributed by atoms with Gasteiger partial charge in [0.1, 0.15) is 12.4 Å². The third-order valence-electron chi connectivity index (χ3n) is 5.75. The van der Waals surface area contributed by atoms with Crippen LogP contribution >= 0.6 is 0 Å². The van der Waals surface area contributed by atoms with Crippen molar-refractivity contribution in [3.63, 3.8) is 0 Å². The predicted octanol–water partition coefficient (Wildman–Crippen LogP) is 1.99. The number of nitrogens with zero attached hydrogens (tertiary/aromatic N) is 4. The van der Waals surface area contributed by atoms with Gasteiger partial charge in [-0.25, -0.2) is 9.18 Å². The highest BCUT2D eigenvalue weighted by atomic mass is 19.1. The van der Waals surface area contributed by atoms with Crippen LogP contribution in [0.25, 0.3) is 11.5 Å².